The lowest BCUT2D eigenvalue weighted by molar-refractivity contribution is 0.0946. The van der Waals surface area contributed by atoms with Gasteiger partial charge in [0, 0.05) is 30.5 Å². The molecule has 1 aromatic carbocycles. The van der Waals surface area contributed by atoms with E-state index in [1.165, 1.54) is 18.5 Å². The molecule has 2 N–H and O–H groups in total. The number of amides is 1. The lowest BCUT2D eigenvalue weighted by Crippen LogP contribution is -2.26. The van der Waals surface area contributed by atoms with Crippen LogP contribution in [-0.4, -0.2) is 30.0 Å². The maximum atomic E-state index is 11.9. The van der Waals surface area contributed by atoms with Crippen molar-refractivity contribution in [2.24, 2.45) is 0 Å². The van der Waals surface area contributed by atoms with Gasteiger partial charge in [-0.3, -0.25) is 4.79 Å². The highest BCUT2D eigenvalue weighted by Crippen LogP contribution is 2.24. The van der Waals surface area contributed by atoms with Crippen LogP contribution < -0.4 is 15.5 Å². The van der Waals surface area contributed by atoms with E-state index < -0.39 is 0 Å². The Morgan fingerprint density at radius 2 is 1.71 bits per heavy atom. The summed E-state index contributed by atoms with van der Waals surface area (Å²) in [6.45, 7) is 2.31. The van der Waals surface area contributed by atoms with E-state index in [-0.39, 0.29) is 5.91 Å². The third kappa shape index (κ3) is 3.50. The zero-order valence-electron chi connectivity index (χ0n) is 13.7. The highest BCUT2D eigenvalue weighted by Gasteiger charge is 2.24. The molecule has 0 spiro atoms. The number of aromatic nitrogens is 1. The number of nitrogens with zero attached hydrogens (tertiary/aromatic N) is 2. The summed E-state index contributed by atoms with van der Waals surface area (Å²) in [5.41, 5.74) is 3.65. The molecule has 24 heavy (non-hydrogen) atoms. The second-order valence-corrected chi connectivity index (χ2v) is 6.55. The van der Waals surface area contributed by atoms with E-state index in [2.05, 4.69) is 44.8 Å². The van der Waals surface area contributed by atoms with Crippen molar-refractivity contribution in [3.63, 3.8) is 0 Å². The number of carbonyl (C=O) groups excluding carboxylic acids is 1. The van der Waals surface area contributed by atoms with E-state index in [0.717, 1.165) is 37.3 Å². The third-order valence-corrected chi connectivity index (χ3v) is 4.54. The molecule has 1 saturated heterocycles. The predicted molar refractivity (Wildman–Crippen MR) is 95.9 cm³/mol. The number of carbonyl (C=O) groups is 1. The molecule has 0 bridgehead atoms. The Labute approximate surface area is 142 Å². The third-order valence-electron chi connectivity index (χ3n) is 4.54. The molecule has 2 aliphatic rings. The van der Waals surface area contributed by atoms with Crippen LogP contribution in [-0.2, 0) is 0 Å². The summed E-state index contributed by atoms with van der Waals surface area (Å²) in [5, 5.41) is 6.27. The molecule has 0 atom stereocenters. The Hall–Kier alpha value is -2.56. The zero-order valence-corrected chi connectivity index (χ0v) is 13.7. The fourth-order valence-electron chi connectivity index (χ4n) is 2.99. The van der Waals surface area contributed by atoms with Gasteiger partial charge in [0.2, 0.25) is 0 Å². The first-order valence-electron chi connectivity index (χ1n) is 8.67. The maximum Gasteiger partial charge on any atom is 0.270 e. The summed E-state index contributed by atoms with van der Waals surface area (Å²) >= 11 is 0. The molecular formula is C19H22N4O. The molecule has 1 aromatic heterocycles. The molecule has 5 nitrogen and oxygen atoms in total. The number of hydrogen-bond donors (Lipinski definition) is 2. The molecule has 1 saturated carbocycles. The molecule has 1 aliphatic carbocycles. The van der Waals surface area contributed by atoms with E-state index in [1.54, 1.807) is 12.3 Å². The largest absolute Gasteiger partial charge is 0.372 e. The molecular weight excluding hydrogens is 300 g/mol. The van der Waals surface area contributed by atoms with Gasteiger partial charge in [-0.05, 0) is 62.1 Å². The molecule has 1 aliphatic heterocycles. The smallest absolute Gasteiger partial charge is 0.270 e. The van der Waals surface area contributed by atoms with Crippen LogP contribution in [0.2, 0.25) is 0 Å². The second kappa shape index (κ2) is 6.51. The minimum Gasteiger partial charge on any atom is -0.372 e. The van der Waals surface area contributed by atoms with Crippen LogP contribution in [0.15, 0.2) is 42.6 Å². The highest BCUT2D eigenvalue weighted by molar-refractivity contribution is 5.92. The Morgan fingerprint density at radius 1 is 1.00 bits per heavy atom. The van der Waals surface area contributed by atoms with Crippen molar-refractivity contribution in [2.45, 2.75) is 31.7 Å². The molecule has 1 amide bonds. The van der Waals surface area contributed by atoms with Crippen LogP contribution in [0.1, 0.15) is 36.2 Å². The molecule has 5 heteroatoms. The van der Waals surface area contributed by atoms with Gasteiger partial charge >= 0.3 is 0 Å². The van der Waals surface area contributed by atoms with Gasteiger partial charge in [0.25, 0.3) is 5.91 Å². The normalized spacial score (nSPS) is 16.9. The van der Waals surface area contributed by atoms with Gasteiger partial charge in [0.15, 0.2) is 0 Å². The van der Waals surface area contributed by atoms with Crippen molar-refractivity contribution in [3.8, 4) is 0 Å². The van der Waals surface area contributed by atoms with Gasteiger partial charge in [-0.25, -0.2) is 4.98 Å². The first-order chi connectivity index (χ1) is 11.8. The van der Waals surface area contributed by atoms with Crippen LogP contribution in [0.5, 0.6) is 0 Å². The fourth-order valence-corrected chi connectivity index (χ4v) is 2.99. The van der Waals surface area contributed by atoms with Gasteiger partial charge in [-0.15, -0.1) is 0 Å². The number of nitrogens with one attached hydrogen (secondary N) is 2. The Bertz CT molecular complexity index is 701. The quantitative estimate of drug-likeness (QED) is 0.886. The van der Waals surface area contributed by atoms with Crippen molar-refractivity contribution in [1.29, 1.82) is 0 Å². The molecule has 2 fully saturated rings. The van der Waals surface area contributed by atoms with Crippen LogP contribution in [0.25, 0.3) is 0 Å². The highest BCUT2D eigenvalue weighted by atomic mass is 16.2. The van der Waals surface area contributed by atoms with Crippen LogP contribution >= 0.6 is 0 Å². The average molecular weight is 322 g/mol. The summed E-state index contributed by atoms with van der Waals surface area (Å²) in [4.78, 5) is 18.6. The summed E-state index contributed by atoms with van der Waals surface area (Å²) < 4.78 is 0. The lowest BCUT2D eigenvalue weighted by Gasteiger charge is -2.18. The van der Waals surface area contributed by atoms with Crippen molar-refractivity contribution in [2.75, 3.05) is 23.3 Å². The van der Waals surface area contributed by atoms with Gasteiger partial charge in [0.05, 0.1) is 11.9 Å². The van der Waals surface area contributed by atoms with Crippen LogP contribution in [0.4, 0.5) is 17.1 Å². The summed E-state index contributed by atoms with van der Waals surface area (Å²) in [6.07, 6.45) is 6.44. The van der Waals surface area contributed by atoms with E-state index in [4.69, 9.17) is 0 Å². The van der Waals surface area contributed by atoms with E-state index in [9.17, 15) is 4.79 Å². The van der Waals surface area contributed by atoms with Gasteiger partial charge in [0.1, 0.15) is 5.69 Å². The standard InChI is InChI=1S/C19H22N4O/c24-19(22-15-3-4-15)18-10-7-16(13-20-18)21-14-5-8-17(9-6-14)23-11-1-2-12-23/h5-10,13,15,21H,1-4,11-12H2,(H,22,24). The van der Waals surface area contributed by atoms with Crippen LogP contribution in [0.3, 0.4) is 0 Å². The first kappa shape index (κ1) is 15.0. The molecule has 2 heterocycles. The minimum atomic E-state index is -0.0842. The van der Waals surface area contributed by atoms with Gasteiger partial charge in [-0.2, -0.15) is 0 Å². The number of hydrogen-bond acceptors (Lipinski definition) is 4. The number of benzene rings is 1. The maximum absolute atomic E-state index is 11.9. The monoisotopic (exact) mass is 322 g/mol. The molecule has 124 valence electrons. The lowest BCUT2D eigenvalue weighted by atomic mass is 10.2. The van der Waals surface area contributed by atoms with Crippen LogP contribution in [0, 0.1) is 0 Å². The summed E-state index contributed by atoms with van der Waals surface area (Å²) in [5.74, 6) is -0.0842. The average Bonchev–Trinajstić information content (AvgIpc) is 3.25. The Morgan fingerprint density at radius 3 is 2.33 bits per heavy atom. The molecule has 2 aromatic rings. The van der Waals surface area contributed by atoms with E-state index in [1.807, 2.05) is 6.07 Å². The summed E-state index contributed by atoms with van der Waals surface area (Å²) in [6, 6.07) is 12.5. The number of rotatable bonds is 5. The molecule has 0 unspecified atom stereocenters. The zero-order chi connectivity index (χ0) is 16.4. The molecule has 4 rings (SSSR count). The Kier molecular flexibility index (Phi) is 4.07. The van der Waals surface area contributed by atoms with Gasteiger partial charge < -0.3 is 15.5 Å². The van der Waals surface area contributed by atoms with Crippen molar-refractivity contribution in [1.82, 2.24) is 10.3 Å². The number of pyridine rings is 1. The van der Waals surface area contributed by atoms with E-state index in [0.29, 0.717) is 11.7 Å². The van der Waals surface area contributed by atoms with Crippen molar-refractivity contribution >= 4 is 23.0 Å². The topological polar surface area (TPSA) is 57.3 Å². The summed E-state index contributed by atoms with van der Waals surface area (Å²) in [7, 11) is 0. The van der Waals surface area contributed by atoms with Crippen molar-refractivity contribution < 1.29 is 4.79 Å². The minimum absolute atomic E-state index is 0.0842. The Balaban J connectivity index is 1.38. The fraction of sp³-hybridized carbons (Fsp3) is 0.368. The second-order valence-electron chi connectivity index (χ2n) is 6.55. The first-order valence-corrected chi connectivity index (χ1v) is 8.67. The molecule has 0 radical (unpaired) electrons. The SMILES string of the molecule is O=C(NC1CC1)c1ccc(Nc2ccc(N3CCCC3)cc2)cn1. The van der Waals surface area contributed by atoms with Crippen molar-refractivity contribution in [3.05, 3.63) is 48.3 Å². The predicted octanol–water partition coefficient (Wildman–Crippen LogP) is 3.32. The van der Waals surface area contributed by atoms with Gasteiger partial charge in [-0.1, -0.05) is 0 Å². The van der Waals surface area contributed by atoms with E-state index >= 15 is 0 Å². The number of anilines is 3.